The molecule has 3 fully saturated rings. The van der Waals surface area contributed by atoms with Crippen LogP contribution in [0.4, 0.5) is 0 Å². The Labute approximate surface area is 744 Å². The molecule has 1 saturated carbocycles. The van der Waals surface area contributed by atoms with E-state index in [9.17, 15) is 74.6 Å². The number of rotatable bonds is 81. The molecule has 123 heavy (non-hydrogen) atoms. The Morgan fingerprint density at radius 2 is 0.610 bits per heavy atom. The zero-order chi connectivity index (χ0) is 90.1. The van der Waals surface area contributed by atoms with Crippen LogP contribution >= 0.6 is 7.82 Å². The lowest BCUT2D eigenvalue weighted by molar-refractivity contribution is -0.360. The number of hydrogen-bond donors (Lipinski definition) is 10. The molecule has 2 aliphatic heterocycles. The van der Waals surface area contributed by atoms with Crippen molar-refractivity contribution in [3.8, 4) is 0 Å². The van der Waals surface area contributed by atoms with Crippen LogP contribution in [0, 0.1) is 17.8 Å². The van der Waals surface area contributed by atoms with Crippen LogP contribution in [-0.4, -0.2) is 205 Å². The number of aliphatic hydroxyl groups is 9. The van der Waals surface area contributed by atoms with Gasteiger partial charge in [-0.1, -0.05) is 395 Å². The highest BCUT2D eigenvalue weighted by Gasteiger charge is 2.60. The molecule has 726 valence electrons. The number of carbonyl (C=O) groups is 4. The molecule has 0 aromatic rings. The molecule has 0 radical (unpaired) electrons. The second kappa shape index (κ2) is 73.1. The number of phosphoric ester groups is 1. The summed E-state index contributed by atoms with van der Waals surface area (Å²) in [5, 5.41) is 103. The molecular formula is C97H183O25P. The summed E-state index contributed by atoms with van der Waals surface area (Å²) in [4.78, 5) is 66.8. The van der Waals surface area contributed by atoms with E-state index in [1.54, 1.807) is 0 Å². The lowest BCUT2D eigenvalue weighted by atomic mass is 9.84. The summed E-state index contributed by atoms with van der Waals surface area (Å²) in [5.74, 6) is -0.961. The third-order valence-corrected chi connectivity index (χ3v) is 26.5. The van der Waals surface area contributed by atoms with Crippen molar-refractivity contribution >= 4 is 31.7 Å². The van der Waals surface area contributed by atoms with E-state index in [2.05, 4.69) is 48.5 Å². The molecule has 26 heteroatoms. The zero-order valence-electron chi connectivity index (χ0n) is 78.3. The molecule has 2 saturated heterocycles. The summed E-state index contributed by atoms with van der Waals surface area (Å²) < 4.78 is 73.8. The average Bonchev–Trinajstić information content (AvgIpc) is 0.753. The van der Waals surface area contributed by atoms with Crippen molar-refractivity contribution < 1.29 is 122 Å². The Kier molecular flexibility index (Phi) is 68.1. The maximum absolute atomic E-state index is 15.0. The van der Waals surface area contributed by atoms with Crippen LogP contribution in [0.1, 0.15) is 447 Å². The van der Waals surface area contributed by atoms with Crippen molar-refractivity contribution in [2.75, 3.05) is 26.4 Å². The SMILES string of the molecule is CCCCCCCCCCCCCCCCCCC(=O)OCC1OC(OC2C(OC(=O)CCCCCCCCC(C)CCCCCCCC)C(O)C(O)C(OC3OC(CO)C(O)C(O)C3O)C2OP(=O)(O)OCC(COC(=O)CCCCCCCCC(C)CCCCCCCC)OC(=O)CCCCCCCCC(C)CCCCCCCC)C(O)C(O)C1O. The molecule has 0 aromatic carbocycles. The third kappa shape index (κ3) is 53.5. The van der Waals surface area contributed by atoms with Gasteiger partial charge in [0.1, 0.15) is 92.6 Å². The number of unbranched alkanes of at least 4 members (excludes halogenated alkanes) is 45. The Morgan fingerprint density at radius 1 is 0.317 bits per heavy atom. The summed E-state index contributed by atoms with van der Waals surface area (Å²) in [6.45, 7) is 12.6. The van der Waals surface area contributed by atoms with Gasteiger partial charge in [0.05, 0.1) is 13.2 Å². The standard InChI is InChI=1S/C97H183O25P/c1-8-12-16-20-24-25-26-27-28-29-30-31-32-33-46-57-67-81(100)114-73-79-85(104)87(106)91(110)97(118-79)121-94-92(119-83(102)69-59-49-39-36-45-55-65-76(7)62-52-42-23-19-15-11-4)88(107)89(108)93(120-96-90(109)86(105)84(103)78(70-98)117-96)95(94)122-123(111,112)115-72-77(116-82(101)68-58-48-38-35-44-54-64-75(6)61-51-41-22-18-14-10-3)71-113-80(99)66-56-47-37-34-43-53-63-74(5)60-50-40-21-17-13-9-2/h74-79,84-98,103-110H,8-73H2,1-7H3,(H,111,112). The molecule has 2 heterocycles. The van der Waals surface area contributed by atoms with Gasteiger partial charge in [0.15, 0.2) is 24.8 Å². The van der Waals surface area contributed by atoms with Crippen molar-refractivity contribution in [3.63, 3.8) is 0 Å². The fourth-order valence-electron chi connectivity index (χ4n) is 17.3. The van der Waals surface area contributed by atoms with Crippen LogP contribution in [0.5, 0.6) is 0 Å². The molecule has 10 N–H and O–H groups in total. The normalized spacial score (nSPS) is 25.1. The molecule has 21 unspecified atom stereocenters. The summed E-state index contributed by atoms with van der Waals surface area (Å²) in [7, 11) is -5.81. The van der Waals surface area contributed by atoms with Gasteiger partial charge in [-0.25, -0.2) is 4.57 Å². The first-order valence-electron chi connectivity index (χ1n) is 50.4. The molecule has 0 amide bonds. The van der Waals surface area contributed by atoms with Crippen molar-refractivity contribution in [2.24, 2.45) is 17.8 Å². The summed E-state index contributed by atoms with van der Waals surface area (Å²) in [6, 6.07) is 0. The lowest BCUT2D eigenvalue weighted by Gasteiger charge is -2.50. The fourth-order valence-corrected chi connectivity index (χ4v) is 18.3. The number of hydrogen-bond acceptors (Lipinski definition) is 24. The van der Waals surface area contributed by atoms with Gasteiger partial charge < -0.3 is 88.7 Å². The smallest absolute Gasteiger partial charge is 0.463 e. The van der Waals surface area contributed by atoms with Crippen LogP contribution in [-0.2, 0) is 70.7 Å². The predicted molar refractivity (Wildman–Crippen MR) is 481 cm³/mol. The van der Waals surface area contributed by atoms with Crippen LogP contribution < -0.4 is 0 Å². The van der Waals surface area contributed by atoms with Gasteiger partial charge in [-0.15, -0.1) is 0 Å². The van der Waals surface area contributed by atoms with E-state index in [1.807, 2.05) is 0 Å². The van der Waals surface area contributed by atoms with Crippen LogP contribution in [0.25, 0.3) is 0 Å². The minimum Gasteiger partial charge on any atom is -0.463 e. The van der Waals surface area contributed by atoms with Crippen molar-refractivity contribution in [1.29, 1.82) is 0 Å². The Hall–Kier alpha value is -2.53. The molecule has 0 bridgehead atoms. The zero-order valence-corrected chi connectivity index (χ0v) is 79.2. The molecule has 0 aromatic heterocycles. The van der Waals surface area contributed by atoms with Gasteiger partial charge in [0, 0.05) is 25.7 Å². The molecule has 1 aliphatic carbocycles. The first kappa shape index (κ1) is 115. The van der Waals surface area contributed by atoms with Gasteiger partial charge in [0.2, 0.25) is 0 Å². The molecular weight excluding hydrogens is 1600 g/mol. The van der Waals surface area contributed by atoms with Crippen LogP contribution in [0.2, 0.25) is 0 Å². The monoisotopic (exact) mass is 1780 g/mol. The minimum atomic E-state index is -5.81. The van der Waals surface area contributed by atoms with E-state index < -0.39 is 162 Å². The molecule has 3 aliphatic rings. The second-order valence-electron chi connectivity index (χ2n) is 37.2. The number of esters is 4. The van der Waals surface area contributed by atoms with Crippen molar-refractivity contribution in [2.45, 2.75) is 551 Å². The van der Waals surface area contributed by atoms with E-state index in [0.717, 1.165) is 128 Å². The lowest BCUT2D eigenvalue weighted by Crippen LogP contribution is -2.70. The van der Waals surface area contributed by atoms with Gasteiger partial charge in [-0.2, -0.15) is 0 Å². The topological polar surface area (TPSA) is 380 Å². The van der Waals surface area contributed by atoms with E-state index in [0.29, 0.717) is 49.9 Å². The van der Waals surface area contributed by atoms with Gasteiger partial charge in [0.25, 0.3) is 0 Å². The second-order valence-corrected chi connectivity index (χ2v) is 38.6. The molecule has 25 nitrogen and oxygen atoms in total. The van der Waals surface area contributed by atoms with Gasteiger partial charge in [-0.05, 0) is 43.4 Å². The number of aliphatic hydroxyl groups excluding tert-OH is 9. The third-order valence-electron chi connectivity index (χ3n) is 25.5. The quantitative estimate of drug-likeness (QED) is 0.0117. The Morgan fingerprint density at radius 3 is 0.967 bits per heavy atom. The average molecular weight is 1780 g/mol. The first-order chi connectivity index (χ1) is 59.4. The van der Waals surface area contributed by atoms with Crippen LogP contribution in [0.15, 0.2) is 0 Å². The molecule has 21 atom stereocenters. The predicted octanol–water partition coefficient (Wildman–Crippen LogP) is 19.7. The summed E-state index contributed by atoms with van der Waals surface area (Å²) in [5.41, 5.74) is 0. The highest BCUT2D eigenvalue weighted by Crippen LogP contribution is 2.49. The fraction of sp³-hybridized carbons (Fsp3) is 0.959. The number of carbonyl (C=O) groups excluding carboxylic acids is 4. The highest BCUT2D eigenvalue weighted by atomic mass is 31.2. The largest absolute Gasteiger partial charge is 0.472 e. The van der Waals surface area contributed by atoms with E-state index >= 15 is 0 Å². The molecule has 3 rings (SSSR count). The number of phosphoric acid groups is 1. The van der Waals surface area contributed by atoms with E-state index in [1.165, 1.54) is 212 Å². The minimum absolute atomic E-state index is 0.0191. The Bertz CT molecular complexity index is 2590. The summed E-state index contributed by atoms with van der Waals surface area (Å²) >= 11 is 0. The first-order valence-corrected chi connectivity index (χ1v) is 51.9. The number of ether oxygens (including phenoxy) is 8. The van der Waals surface area contributed by atoms with Crippen LogP contribution in [0.3, 0.4) is 0 Å². The highest BCUT2D eigenvalue weighted by molar-refractivity contribution is 7.47. The van der Waals surface area contributed by atoms with Crippen molar-refractivity contribution in [3.05, 3.63) is 0 Å². The summed E-state index contributed by atoms with van der Waals surface area (Å²) in [6.07, 6.45) is 27.9. The van der Waals surface area contributed by atoms with Gasteiger partial charge >= 0.3 is 31.7 Å². The van der Waals surface area contributed by atoms with E-state index in [4.69, 9.17) is 46.9 Å². The van der Waals surface area contributed by atoms with E-state index in [-0.39, 0.29) is 25.7 Å². The van der Waals surface area contributed by atoms with Crippen molar-refractivity contribution in [1.82, 2.24) is 0 Å². The van der Waals surface area contributed by atoms with Gasteiger partial charge in [-0.3, -0.25) is 28.2 Å². The maximum Gasteiger partial charge on any atom is 0.472 e. The Balaban J connectivity index is 1.92. The maximum atomic E-state index is 15.0. The molecule has 0 spiro atoms.